The summed E-state index contributed by atoms with van der Waals surface area (Å²) in [6.45, 7) is 0.107. The van der Waals surface area contributed by atoms with Crippen molar-refractivity contribution in [3.05, 3.63) is 77.7 Å². The Morgan fingerprint density at radius 3 is 2.32 bits per heavy atom. The highest BCUT2D eigenvalue weighted by Gasteiger charge is 2.35. The number of rotatable bonds is 2. The number of nitrogens with zero attached hydrogens (tertiary/aromatic N) is 2. The number of aromatic nitrogens is 1. The lowest BCUT2D eigenvalue weighted by molar-refractivity contribution is 0.0632. The minimum Gasteiger partial charge on any atom is -0.458 e. The lowest BCUT2D eigenvalue weighted by Crippen LogP contribution is -2.28. The van der Waals surface area contributed by atoms with E-state index < -0.39 is 0 Å². The van der Waals surface area contributed by atoms with Crippen molar-refractivity contribution in [3.8, 4) is 0 Å². The maximum atomic E-state index is 12.5. The predicted octanol–water partition coefficient (Wildman–Crippen LogP) is 3.78. The molecule has 0 unspecified atom stereocenters. The normalized spacial score (nSPS) is 13.8. The molecule has 5 nitrogen and oxygen atoms in total. The van der Waals surface area contributed by atoms with E-state index in [0.717, 1.165) is 16.3 Å². The lowest BCUT2D eigenvalue weighted by Gasteiger charge is -2.11. The number of fused-ring (bicyclic) bond motifs is 4. The molecule has 1 aliphatic rings. The molecule has 0 atom stereocenters. The fourth-order valence-electron chi connectivity index (χ4n) is 3.32. The minimum absolute atomic E-state index is 0.107. The first kappa shape index (κ1) is 13.9. The second-order valence-corrected chi connectivity index (χ2v) is 6.01. The minimum atomic E-state index is -0.288. The van der Waals surface area contributed by atoms with Crippen molar-refractivity contribution >= 4 is 33.7 Å². The number of hydrogen-bond acceptors (Lipinski definition) is 4. The van der Waals surface area contributed by atoms with Gasteiger partial charge in [-0.15, -0.1) is 0 Å². The molecule has 4 aromatic rings. The Balaban J connectivity index is 1.56. The van der Waals surface area contributed by atoms with Gasteiger partial charge in [-0.1, -0.05) is 30.3 Å². The SMILES string of the molecule is O=C1c2ccccc2C(=O)N1Cc1cc2c(cnc3ccccc32)o1. The van der Waals surface area contributed by atoms with Gasteiger partial charge in [0.05, 0.1) is 29.4 Å². The molecule has 0 saturated carbocycles. The van der Waals surface area contributed by atoms with Crippen molar-refractivity contribution in [1.29, 1.82) is 0 Å². The van der Waals surface area contributed by atoms with Gasteiger partial charge < -0.3 is 4.42 Å². The number of furan rings is 1. The van der Waals surface area contributed by atoms with Gasteiger partial charge in [-0.05, 0) is 24.3 Å². The molecule has 0 N–H and O–H groups in total. The van der Waals surface area contributed by atoms with E-state index in [9.17, 15) is 9.59 Å². The quantitative estimate of drug-likeness (QED) is 0.525. The summed E-state index contributed by atoms with van der Waals surface area (Å²) in [6, 6.07) is 16.5. The van der Waals surface area contributed by atoms with E-state index in [-0.39, 0.29) is 18.4 Å². The third kappa shape index (κ3) is 1.99. The summed E-state index contributed by atoms with van der Waals surface area (Å²) in [6.07, 6.45) is 1.67. The Labute approximate surface area is 142 Å². The third-order valence-electron chi connectivity index (χ3n) is 4.52. The van der Waals surface area contributed by atoms with Crippen molar-refractivity contribution in [3.63, 3.8) is 0 Å². The average molecular weight is 328 g/mol. The smallest absolute Gasteiger partial charge is 0.261 e. The van der Waals surface area contributed by atoms with Gasteiger partial charge in [-0.3, -0.25) is 19.5 Å². The fraction of sp³-hybridized carbons (Fsp3) is 0.0500. The van der Waals surface area contributed by atoms with E-state index in [1.54, 1.807) is 30.5 Å². The highest BCUT2D eigenvalue weighted by Crippen LogP contribution is 2.29. The first-order chi connectivity index (χ1) is 12.2. The van der Waals surface area contributed by atoms with Gasteiger partial charge in [-0.25, -0.2) is 0 Å². The molecule has 2 aromatic heterocycles. The first-order valence-electron chi connectivity index (χ1n) is 7.94. The van der Waals surface area contributed by atoms with Crippen molar-refractivity contribution in [2.45, 2.75) is 6.54 Å². The zero-order valence-corrected chi connectivity index (χ0v) is 13.1. The molecule has 120 valence electrons. The van der Waals surface area contributed by atoms with Crippen LogP contribution in [0.1, 0.15) is 26.5 Å². The summed E-state index contributed by atoms with van der Waals surface area (Å²) in [5.41, 5.74) is 2.40. The molecule has 0 bridgehead atoms. The monoisotopic (exact) mass is 328 g/mol. The highest BCUT2D eigenvalue weighted by atomic mass is 16.3. The standard InChI is InChI=1S/C20H12N2O3/c23-19-14-6-1-2-7-15(14)20(24)22(19)11-12-9-16-13-5-3-4-8-17(13)21-10-18(16)25-12/h1-10H,11H2. The van der Waals surface area contributed by atoms with E-state index >= 15 is 0 Å². The van der Waals surface area contributed by atoms with Crippen LogP contribution in [0.25, 0.3) is 21.9 Å². The van der Waals surface area contributed by atoms with Gasteiger partial charge >= 0.3 is 0 Å². The van der Waals surface area contributed by atoms with Crippen LogP contribution in [0.15, 0.2) is 65.2 Å². The number of imide groups is 1. The van der Waals surface area contributed by atoms with Crippen LogP contribution < -0.4 is 0 Å². The Morgan fingerprint density at radius 2 is 1.56 bits per heavy atom. The van der Waals surface area contributed by atoms with Crippen LogP contribution in [-0.2, 0) is 6.54 Å². The first-order valence-corrected chi connectivity index (χ1v) is 7.94. The largest absolute Gasteiger partial charge is 0.458 e. The summed E-state index contributed by atoms with van der Waals surface area (Å²) in [4.78, 5) is 30.6. The Morgan fingerprint density at radius 1 is 0.880 bits per heavy atom. The molecule has 2 amide bonds. The summed E-state index contributed by atoms with van der Waals surface area (Å²) in [7, 11) is 0. The maximum Gasteiger partial charge on any atom is 0.261 e. The van der Waals surface area contributed by atoms with E-state index in [0.29, 0.717) is 22.5 Å². The molecule has 3 heterocycles. The van der Waals surface area contributed by atoms with Crippen LogP contribution >= 0.6 is 0 Å². The van der Waals surface area contributed by atoms with Crippen molar-refractivity contribution in [1.82, 2.24) is 9.88 Å². The van der Waals surface area contributed by atoms with Gasteiger partial charge in [0.15, 0.2) is 5.58 Å². The molecule has 0 spiro atoms. The molecular formula is C20H12N2O3. The number of benzene rings is 2. The summed E-state index contributed by atoms with van der Waals surface area (Å²) in [5.74, 6) is -0.0178. The van der Waals surface area contributed by atoms with Gasteiger partial charge in [0.1, 0.15) is 5.76 Å². The van der Waals surface area contributed by atoms with Gasteiger partial charge in [-0.2, -0.15) is 0 Å². The molecule has 0 radical (unpaired) electrons. The van der Waals surface area contributed by atoms with Crippen LogP contribution in [0.2, 0.25) is 0 Å². The molecule has 0 saturated heterocycles. The topological polar surface area (TPSA) is 63.4 Å². The summed E-state index contributed by atoms with van der Waals surface area (Å²) in [5, 5.41) is 1.91. The van der Waals surface area contributed by atoms with Crippen LogP contribution in [0.5, 0.6) is 0 Å². The van der Waals surface area contributed by atoms with E-state index in [4.69, 9.17) is 4.42 Å². The Bertz CT molecular complexity index is 1140. The number of pyridine rings is 1. The molecule has 0 aliphatic carbocycles. The van der Waals surface area contributed by atoms with Crippen LogP contribution in [-0.4, -0.2) is 21.7 Å². The van der Waals surface area contributed by atoms with Gasteiger partial charge in [0.2, 0.25) is 0 Å². The van der Waals surface area contributed by atoms with Gasteiger partial charge in [0.25, 0.3) is 11.8 Å². The Kier molecular flexibility index (Phi) is 2.79. The number of para-hydroxylation sites is 1. The maximum absolute atomic E-state index is 12.5. The zero-order chi connectivity index (χ0) is 17.0. The number of carbonyl (C=O) groups excluding carboxylic acids is 2. The zero-order valence-electron chi connectivity index (χ0n) is 13.1. The van der Waals surface area contributed by atoms with E-state index in [1.807, 2.05) is 30.3 Å². The molecule has 0 fully saturated rings. The fourth-order valence-corrected chi connectivity index (χ4v) is 3.32. The van der Waals surface area contributed by atoms with Crippen molar-refractivity contribution in [2.75, 3.05) is 0 Å². The lowest BCUT2D eigenvalue weighted by atomic mass is 10.1. The van der Waals surface area contributed by atoms with Crippen LogP contribution in [0.3, 0.4) is 0 Å². The number of amides is 2. The van der Waals surface area contributed by atoms with Gasteiger partial charge in [0, 0.05) is 10.8 Å². The second-order valence-electron chi connectivity index (χ2n) is 6.01. The third-order valence-corrected chi connectivity index (χ3v) is 4.52. The van der Waals surface area contributed by atoms with Crippen molar-refractivity contribution in [2.24, 2.45) is 0 Å². The van der Waals surface area contributed by atoms with E-state index in [2.05, 4.69) is 4.98 Å². The number of carbonyl (C=O) groups is 2. The predicted molar refractivity (Wildman–Crippen MR) is 92.2 cm³/mol. The molecule has 1 aliphatic heterocycles. The summed E-state index contributed by atoms with van der Waals surface area (Å²) >= 11 is 0. The Hall–Kier alpha value is -3.47. The van der Waals surface area contributed by atoms with E-state index in [1.165, 1.54) is 4.90 Å². The van der Waals surface area contributed by atoms with Crippen LogP contribution in [0.4, 0.5) is 0 Å². The molecule has 5 rings (SSSR count). The second kappa shape index (κ2) is 5.01. The molecular weight excluding hydrogens is 316 g/mol. The van der Waals surface area contributed by atoms with Crippen LogP contribution in [0, 0.1) is 0 Å². The number of hydrogen-bond donors (Lipinski definition) is 0. The molecule has 5 heteroatoms. The average Bonchev–Trinajstić information content (AvgIpc) is 3.17. The highest BCUT2D eigenvalue weighted by molar-refractivity contribution is 6.21. The van der Waals surface area contributed by atoms with Crippen molar-refractivity contribution < 1.29 is 14.0 Å². The molecule has 2 aromatic carbocycles. The molecule has 25 heavy (non-hydrogen) atoms. The summed E-state index contributed by atoms with van der Waals surface area (Å²) < 4.78 is 5.82.